The summed E-state index contributed by atoms with van der Waals surface area (Å²) in [6.07, 6.45) is -0.682. The zero-order valence-corrected chi connectivity index (χ0v) is 10.5. The van der Waals surface area contributed by atoms with Crippen LogP contribution in [0.3, 0.4) is 0 Å². The van der Waals surface area contributed by atoms with Gasteiger partial charge >= 0.3 is 6.17 Å². The lowest BCUT2D eigenvalue weighted by atomic mass is 9.88. The van der Waals surface area contributed by atoms with Crippen LogP contribution < -0.4 is 0 Å². The fraction of sp³-hybridized carbons (Fsp3) is 0.429. The second-order valence-corrected chi connectivity index (χ2v) is 4.17. The van der Waals surface area contributed by atoms with Gasteiger partial charge in [-0.1, -0.05) is 0 Å². The molecular weight excluding hydrogens is 196 g/mol. The molecule has 0 bridgehead atoms. The van der Waals surface area contributed by atoms with Crippen molar-refractivity contribution >= 4 is 0 Å². The fourth-order valence-corrected chi connectivity index (χ4v) is 2.07. The van der Waals surface area contributed by atoms with Crippen LogP contribution in [0.1, 0.15) is 39.5 Å². The molecule has 0 heterocycles. The first-order valence-corrected chi connectivity index (χ1v) is 5.25. The molecule has 2 heteroatoms. The van der Waals surface area contributed by atoms with Gasteiger partial charge in [0.15, 0.2) is 0 Å². The molecule has 0 amide bonds. The maximum Gasteiger partial charge on any atom is 0.502 e. The summed E-state index contributed by atoms with van der Waals surface area (Å²) in [5, 5.41) is 0. The maximum absolute atomic E-state index is 7.10. The van der Waals surface area contributed by atoms with E-state index in [1.54, 1.807) is 0 Å². The first kappa shape index (κ1) is 12.3. The molecule has 0 saturated heterocycles. The van der Waals surface area contributed by atoms with Crippen LogP contribution in [0.4, 0.5) is 0 Å². The molecule has 0 unspecified atom stereocenters. The monoisotopic (exact) mass is 212 g/mol. The van der Waals surface area contributed by atoms with Gasteiger partial charge in [0.25, 0.3) is 0 Å². The summed E-state index contributed by atoms with van der Waals surface area (Å²) >= 11 is 0. The molecule has 0 N–H and O–H groups in total. The van der Waals surface area contributed by atoms with Gasteiger partial charge in [-0.15, -0.1) is 0 Å². The van der Waals surface area contributed by atoms with Crippen LogP contribution in [-0.4, -0.2) is 0 Å². The van der Waals surface area contributed by atoms with E-state index in [2.05, 4.69) is 30.5 Å². The van der Waals surface area contributed by atoms with E-state index in [9.17, 15) is 0 Å². The van der Waals surface area contributed by atoms with E-state index in [4.69, 9.17) is 13.1 Å². The summed E-state index contributed by atoms with van der Waals surface area (Å²) in [6.45, 7) is 24.4. The Morgan fingerprint density at radius 2 is 1.00 bits per heavy atom. The molecular formula is C14H16N2. The third kappa shape index (κ3) is 1.68. The van der Waals surface area contributed by atoms with Crippen LogP contribution in [0.2, 0.25) is 0 Å². The molecule has 1 rings (SSSR count). The molecule has 0 spiro atoms. The van der Waals surface area contributed by atoms with Crippen LogP contribution in [0.25, 0.3) is 9.69 Å². The number of rotatable bonds is 1. The lowest BCUT2D eigenvalue weighted by molar-refractivity contribution is 0.991. The lowest BCUT2D eigenvalue weighted by Crippen LogP contribution is -2.04. The Morgan fingerprint density at radius 3 is 1.31 bits per heavy atom. The van der Waals surface area contributed by atoms with E-state index in [1.165, 1.54) is 16.7 Å². The third-order valence-corrected chi connectivity index (χ3v) is 3.56. The number of nitrogens with zero attached hydrogens (tertiary/aromatic N) is 2. The molecule has 0 aliphatic carbocycles. The minimum Gasteiger partial charge on any atom is -0.228 e. The van der Waals surface area contributed by atoms with Gasteiger partial charge in [-0.2, -0.15) is 0 Å². The zero-order valence-electron chi connectivity index (χ0n) is 10.5. The molecule has 0 saturated carbocycles. The van der Waals surface area contributed by atoms with Gasteiger partial charge in [-0.25, -0.2) is 22.8 Å². The van der Waals surface area contributed by atoms with E-state index in [-0.39, 0.29) is 0 Å². The smallest absolute Gasteiger partial charge is 0.228 e. The summed E-state index contributed by atoms with van der Waals surface area (Å²) in [7, 11) is 0. The van der Waals surface area contributed by atoms with Crippen molar-refractivity contribution in [1.82, 2.24) is 0 Å². The highest BCUT2D eigenvalue weighted by Crippen LogP contribution is 2.32. The van der Waals surface area contributed by atoms with Crippen LogP contribution in [0.5, 0.6) is 0 Å². The van der Waals surface area contributed by atoms with Crippen LogP contribution in [0.15, 0.2) is 0 Å². The molecule has 0 aromatic heterocycles. The van der Waals surface area contributed by atoms with Gasteiger partial charge in [-0.05, 0) is 62.4 Å². The molecule has 2 nitrogen and oxygen atoms in total. The number of hydrogen-bond donors (Lipinski definition) is 0. The first-order chi connectivity index (χ1) is 7.45. The molecule has 0 aliphatic rings. The second kappa shape index (κ2) is 4.37. The highest BCUT2D eigenvalue weighted by atomic mass is 14.9. The van der Waals surface area contributed by atoms with E-state index in [0.717, 1.165) is 16.7 Å². The van der Waals surface area contributed by atoms with Gasteiger partial charge in [0.1, 0.15) is 5.56 Å². The molecule has 0 radical (unpaired) electrons. The molecule has 0 fully saturated rings. The predicted octanol–water partition coefficient (Wildman–Crippen LogP) is 4.07. The highest BCUT2D eigenvalue weighted by molar-refractivity contribution is 5.51. The summed E-state index contributed by atoms with van der Waals surface area (Å²) in [6, 6.07) is 0. The molecule has 16 heavy (non-hydrogen) atoms. The largest absolute Gasteiger partial charge is 0.502 e. The molecule has 0 aliphatic heterocycles. The summed E-state index contributed by atoms with van der Waals surface area (Å²) in [4.78, 5) is 6.81. The Labute approximate surface area is 97.6 Å². The fourth-order valence-electron chi connectivity index (χ4n) is 2.07. The average molecular weight is 212 g/mol. The molecule has 1 aromatic carbocycles. The van der Waals surface area contributed by atoms with Gasteiger partial charge in [-0.3, -0.25) is 0 Å². The van der Waals surface area contributed by atoms with Crippen molar-refractivity contribution in [3.63, 3.8) is 0 Å². The third-order valence-electron chi connectivity index (χ3n) is 3.56. The molecule has 1 aromatic rings. The van der Waals surface area contributed by atoms with Crippen LogP contribution in [-0.2, 0) is 0 Å². The number of hydrogen-bond acceptors (Lipinski definition) is 0. The van der Waals surface area contributed by atoms with Crippen molar-refractivity contribution in [3.8, 4) is 0 Å². The minimum atomic E-state index is -0.682. The Morgan fingerprint density at radius 1 is 0.688 bits per heavy atom. The van der Waals surface area contributed by atoms with E-state index in [0.29, 0.717) is 0 Å². The molecule has 0 atom stereocenters. The highest BCUT2D eigenvalue weighted by Gasteiger charge is 2.27. The maximum atomic E-state index is 7.10. The van der Waals surface area contributed by atoms with Crippen LogP contribution in [0, 0.1) is 47.8 Å². The van der Waals surface area contributed by atoms with Gasteiger partial charge in [0, 0.05) is 0 Å². The Hall–Kier alpha value is -1.80. The van der Waals surface area contributed by atoms with E-state index >= 15 is 0 Å². The SMILES string of the molecule is [C-]#[N+]C([N+]#[C-])c1c(C)c(C)c(C)c(C)c1C. The van der Waals surface area contributed by atoms with Crippen molar-refractivity contribution < 1.29 is 0 Å². The van der Waals surface area contributed by atoms with E-state index < -0.39 is 6.17 Å². The standard InChI is InChI=1S/C14H16N2/c1-8-9(2)11(4)13(12(5)10(8)3)14(15-6)16-7/h14H,1-5H3. The predicted molar refractivity (Wildman–Crippen MR) is 66.1 cm³/mol. The summed E-state index contributed by atoms with van der Waals surface area (Å²) in [5.41, 5.74) is 6.78. The van der Waals surface area contributed by atoms with Crippen molar-refractivity contribution in [2.75, 3.05) is 0 Å². The summed E-state index contributed by atoms with van der Waals surface area (Å²) < 4.78 is 0. The van der Waals surface area contributed by atoms with Crippen molar-refractivity contribution in [2.45, 2.75) is 40.8 Å². The second-order valence-electron chi connectivity index (χ2n) is 4.17. The van der Waals surface area contributed by atoms with Crippen LogP contribution >= 0.6 is 0 Å². The topological polar surface area (TPSA) is 8.72 Å². The van der Waals surface area contributed by atoms with Gasteiger partial charge in [0.2, 0.25) is 0 Å². The normalized spacial score (nSPS) is 10.0. The van der Waals surface area contributed by atoms with E-state index in [1.807, 2.05) is 13.8 Å². The average Bonchev–Trinajstić information content (AvgIpc) is 2.29. The van der Waals surface area contributed by atoms with Crippen molar-refractivity contribution in [1.29, 1.82) is 0 Å². The summed E-state index contributed by atoms with van der Waals surface area (Å²) in [5.74, 6) is 0. The Kier molecular flexibility index (Phi) is 3.35. The van der Waals surface area contributed by atoms with Crippen molar-refractivity contribution in [2.24, 2.45) is 0 Å². The number of benzene rings is 1. The minimum absolute atomic E-state index is 0.682. The van der Waals surface area contributed by atoms with Crippen molar-refractivity contribution in [3.05, 3.63) is 56.2 Å². The molecule has 82 valence electrons. The quantitative estimate of drug-likeness (QED) is 0.620. The lowest BCUT2D eigenvalue weighted by Gasteiger charge is -2.15. The van der Waals surface area contributed by atoms with Gasteiger partial charge < -0.3 is 0 Å². The Balaban J connectivity index is 3.67. The zero-order chi connectivity index (χ0) is 12.5. The first-order valence-electron chi connectivity index (χ1n) is 5.25. The Bertz CT molecular complexity index is 470. The van der Waals surface area contributed by atoms with Gasteiger partial charge in [0.05, 0.1) is 0 Å².